The van der Waals surface area contributed by atoms with Crippen molar-refractivity contribution in [1.29, 1.82) is 0 Å². The minimum Gasteiger partial charge on any atom is -0.438 e. The fraction of sp³-hybridized carbons (Fsp3) is 0.459. The number of anilines is 1. The predicted molar refractivity (Wildman–Crippen MR) is 175 cm³/mol. The number of ketones is 1. The molecule has 2 aromatic rings. The molecule has 5 aliphatic rings. The van der Waals surface area contributed by atoms with Crippen LogP contribution in [0.25, 0.3) is 0 Å². The number of hydrogen-bond acceptors (Lipinski definition) is 7. The molecule has 2 aromatic carbocycles. The molecule has 2 bridgehead atoms. The molecule has 7 rings (SSSR count). The molecule has 2 saturated carbocycles. The molecule has 3 amide bonds. The number of hydrogen-bond donors (Lipinski definition) is 2. The highest BCUT2D eigenvalue weighted by Gasteiger charge is 2.77. The van der Waals surface area contributed by atoms with Gasteiger partial charge in [0.1, 0.15) is 6.10 Å². The molecule has 8 atom stereocenters. The van der Waals surface area contributed by atoms with Crippen LogP contribution >= 0.6 is 11.6 Å². The summed E-state index contributed by atoms with van der Waals surface area (Å²) in [5.74, 6) is -2.18. The molecule has 1 spiro atoms. The minimum atomic E-state index is -2.31. The van der Waals surface area contributed by atoms with E-state index in [-0.39, 0.29) is 52.2 Å². The lowest BCUT2D eigenvalue weighted by Crippen LogP contribution is -2.66. The molecule has 4 aliphatic carbocycles. The summed E-state index contributed by atoms with van der Waals surface area (Å²) < 4.78 is 6.08. The summed E-state index contributed by atoms with van der Waals surface area (Å²) >= 11 is 6.05. The van der Waals surface area contributed by atoms with Gasteiger partial charge in [0.05, 0.1) is 23.1 Å². The number of benzene rings is 2. The standard InChI is InChI=1S/C37H39ClN2O7/c1-6-21-16-27-28(35(27,3)4)26-15-20(18-40-32(43)24-9-7-8-10-25(24)33(40)44)29(41)37(46)31(19(2)17-36(21,37)30(26)42)47-34(45)39(5)23-13-11-22(38)12-14-23/h7-15,17,21,26-29,31,41,46H,6,16,18H2,1-5H3/t21-,26+,27-,28+,29-,31+,36+,37+/m1/s1. The molecule has 2 fully saturated rings. The van der Waals surface area contributed by atoms with Gasteiger partial charge in [-0.15, -0.1) is 0 Å². The SMILES string of the molecule is CC[C@@H]1C[C@@H]2[C@H]([C@@H]3C=C(CN4C(=O)c5ccccc5C4=O)[C@@H](O)[C@]4(O)[C@@H](OC(=O)N(C)c5ccc(Cl)cc5)C(C)=C[C@@]14C3=O)C2(C)C. The van der Waals surface area contributed by atoms with Gasteiger partial charge < -0.3 is 14.9 Å². The smallest absolute Gasteiger partial charge is 0.414 e. The number of imide groups is 1. The summed E-state index contributed by atoms with van der Waals surface area (Å²) in [5.41, 5.74) is -2.42. The number of aliphatic hydroxyl groups is 2. The van der Waals surface area contributed by atoms with Crippen LogP contribution in [-0.4, -0.2) is 70.2 Å². The topological polar surface area (TPSA) is 124 Å². The Morgan fingerprint density at radius 3 is 2.28 bits per heavy atom. The van der Waals surface area contributed by atoms with E-state index < -0.39 is 47.0 Å². The van der Waals surface area contributed by atoms with Gasteiger partial charge in [0.2, 0.25) is 0 Å². The maximum Gasteiger partial charge on any atom is 0.414 e. The van der Waals surface area contributed by atoms with Gasteiger partial charge in [-0.25, -0.2) is 4.79 Å². The average molecular weight is 659 g/mol. The second-order valence-corrected chi connectivity index (χ2v) is 14.9. The Bertz CT molecular complexity index is 1750. The van der Waals surface area contributed by atoms with Crippen molar-refractivity contribution in [2.45, 2.75) is 58.3 Å². The van der Waals surface area contributed by atoms with Gasteiger partial charge in [-0.1, -0.05) is 63.1 Å². The molecule has 2 N–H and O–H groups in total. The summed E-state index contributed by atoms with van der Waals surface area (Å²) in [6.45, 7) is 7.62. The van der Waals surface area contributed by atoms with Gasteiger partial charge in [0, 0.05) is 23.7 Å². The molecule has 1 aliphatic heterocycles. The number of amides is 3. The average Bonchev–Trinajstić information content (AvgIpc) is 3.45. The number of carbonyl (C=O) groups excluding carboxylic acids is 4. The van der Waals surface area contributed by atoms with Crippen LogP contribution in [0.2, 0.25) is 5.02 Å². The van der Waals surface area contributed by atoms with E-state index >= 15 is 4.79 Å². The van der Waals surface area contributed by atoms with E-state index in [0.29, 0.717) is 29.1 Å². The van der Waals surface area contributed by atoms with Crippen molar-refractivity contribution >= 4 is 41.0 Å². The maximum atomic E-state index is 15.1. The summed E-state index contributed by atoms with van der Waals surface area (Å²) in [7, 11) is 1.52. The number of aliphatic hydroxyl groups excluding tert-OH is 1. The van der Waals surface area contributed by atoms with Crippen molar-refractivity contribution in [2.24, 2.45) is 34.5 Å². The van der Waals surface area contributed by atoms with E-state index in [1.165, 1.54) is 11.9 Å². The minimum absolute atomic E-state index is 0.0542. The molecule has 0 saturated heterocycles. The summed E-state index contributed by atoms with van der Waals surface area (Å²) in [4.78, 5) is 58.0. The molecule has 0 unspecified atom stereocenters. The molecular formula is C37H39ClN2O7. The highest BCUT2D eigenvalue weighted by Crippen LogP contribution is 2.72. The van der Waals surface area contributed by atoms with Crippen molar-refractivity contribution in [3.05, 3.63) is 88.0 Å². The molecule has 9 nitrogen and oxygen atoms in total. The van der Waals surface area contributed by atoms with Crippen molar-refractivity contribution < 1.29 is 34.1 Å². The summed E-state index contributed by atoms with van der Waals surface area (Å²) in [6, 6.07) is 13.1. The monoisotopic (exact) mass is 658 g/mol. The second kappa shape index (κ2) is 10.6. The first-order valence-corrected chi connectivity index (χ1v) is 16.6. The van der Waals surface area contributed by atoms with E-state index in [4.69, 9.17) is 16.3 Å². The second-order valence-electron chi connectivity index (χ2n) is 14.5. The third-order valence-electron chi connectivity index (χ3n) is 11.9. The van der Waals surface area contributed by atoms with Gasteiger partial charge in [0.15, 0.2) is 17.5 Å². The quantitative estimate of drug-likeness (QED) is 0.324. The van der Waals surface area contributed by atoms with Crippen LogP contribution in [0.4, 0.5) is 10.5 Å². The highest BCUT2D eigenvalue weighted by atomic mass is 35.5. The van der Waals surface area contributed by atoms with Crippen LogP contribution in [0.5, 0.6) is 0 Å². The van der Waals surface area contributed by atoms with Crippen LogP contribution in [-0.2, 0) is 9.53 Å². The van der Waals surface area contributed by atoms with Gasteiger partial charge in [0.25, 0.3) is 11.8 Å². The highest BCUT2D eigenvalue weighted by molar-refractivity contribution is 6.30. The van der Waals surface area contributed by atoms with E-state index in [2.05, 4.69) is 13.8 Å². The summed E-state index contributed by atoms with van der Waals surface area (Å²) in [6.07, 6.45) is 0.674. The van der Waals surface area contributed by atoms with E-state index in [1.54, 1.807) is 67.6 Å². The molecule has 47 heavy (non-hydrogen) atoms. The molecule has 10 heteroatoms. The van der Waals surface area contributed by atoms with Crippen molar-refractivity contribution in [1.82, 2.24) is 4.90 Å². The fourth-order valence-electron chi connectivity index (χ4n) is 9.39. The predicted octanol–water partition coefficient (Wildman–Crippen LogP) is 5.44. The number of carbonyl (C=O) groups is 4. The number of halogens is 1. The number of fused-ring (bicyclic) bond motifs is 4. The normalized spacial score (nSPS) is 34.8. The Labute approximate surface area is 278 Å². The van der Waals surface area contributed by atoms with Crippen molar-refractivity contribution in [2.75, 3.05) is 18.5 Å². The number of nitrogens with zero attached hydrogens (tertiary/aromatic N) is 2. The first-order valence-electron chi connectivity index (χ1n) is 16.2. The Kier molecular flexibility index (Phi) is 7.17. The Morgan fingerprint density at radius 1 is 1.06 bits per heavy atom. The molecule has 1 heterocycles. The lowest BCUT2D eigenvalue weighted by molar-refractivity contribution is -0.191. The van der Waals surface area contributed by atoms with Crippen LogP contribution in [0, 0.1) is 34.5 Å². The van der Waals surface area contributed by atoms with Crippen LogP contribution in [0.15, 0.2) is 71.8 Å². The zero-order valence-corrected chi connectivity index (χ0v) is 27.8. The van der Waals surface area contributed by atoms with Gasteiger partial charge >= 0.3 is 6.09 Å². The van der Waals surface area contributed by atoms with Gasteiger partial charge in [-0.2, -0.15) is 0 Å². The first kappa shape index (κ1) is 31.8. The number of Topliss-reactive ketones (excluding diaryl/α,β-unsaturated/α-hetero) is 1. The zero-order chi connectivity index (χ0) is 33.8. The van der Waals surface area contributed by atoms with E-state index in [9.17, 15) is 24.6 Å². The van der Waals surface area contributed by atoms with Crippen LogP contribution < -0.4 is 4.90 Å². The number of allylic oxidation sites excluding steroid dienone is 1. The van der Waals surface area contributed by atoms with Crippen molar-refractivity contribution in [3.63, 3.8) is 0 Å². The number of ether oxygens (including phenoxy) is 1. The van der Waals surface area contributed by atoms with Gasteiger partial charge in [-0.3, -0.25) is 24.2 Å². The Hall–Kier alpha value is -3.79. The lowest BCUT2D eigenvalue weighted by Gasteiger charge is -2.49. The third kappa shape index (κ3) is 4.22. The molecule has 0 radical (unpaired) electrons. The van der Waals surface area contributed by atoms with Crippen LogP contribution in [0.3, 0.4) is 0 Å². The zero-order valence-electron chi connectivity index (χ0n) is 27.1. The van der Waals surface area contributed by atoms with E-state index in [0.717, 1.165) is 4.90 Å². The van der Waals surface area contributed by atoms with Crippen molar-refractivity contribution in [3.8, 4) is 0 Å². The molecular weight excluding hydrogens is 620 g/mol. The molecule has 0 aromatic heterocycles. The molecule has 246 valence electrons. The van der Waals surface area contributed by atoms with Crippen LogP contribution in [0.1, 0.15) is 61.3 Å². The largest absolute Gasteiger partial charge is 0.438 e. The Morgan fingerprint density at radius 2 is 1.68 bits per heavy atom. The van der Waals surface area contributed by atoms with Gasteiger partial charge in [-0.05, 0) is 84.1 Å². The lowest BCUT2D eigenvalue weighted by atomic mass is 9.58. The van der Waals surface area contributed by atoms with E-state index in [1.807, 2.05) is 6.92 Å². The third-order valence-corrected chi connectivity index (χ3v) is 12.2. The maximum absolute atomic E-state index is 15.1. The first-order chi connectivity index (χ1) is 22.2. The summed E-state index contributed by atoms with van der Waals surface area (Å²) in [5, 5.41) is 26.1. The Balaban J connectivity index is 1.33. The number of rotatable bonds is 5. The fourth-order valence-corrected chi connectivity index (χ4v) is 9.52.